The van der Waals surface area contributed by atoms with Crippen LogP contribution < -0.4 is 5.32 Å². The van der Waals surface area contributed by atoms with Gasteiger partial charge in [0.05, 0.1) is 26.2 Å². The summed E-state index contributed by atoms with van der Waals surface area (Å²) < 4.78 is 45.8. The molecule has 5 nitrogen and oxygen atoms in total. The predicted molar refractivity (Wildman–Crippen MR) is 88.5 cm³/mol. The van der Waals surface area contributed by atoms with E-state index in [0.717, 1.165) is 11.1 Å². The lowest BCUT2D eigenvalue weighted by molar-refractivity contribution is -0.142. The molecule has 1 N–H and O–H groups in total. The number of fused-ring (bicyclic) bond motifs is 1. The molecule has 0 spiro atoms. The largest absolute Gasteiger partial charge is 0.435 e. The van der Waals surface area contributed by atoms with Gasteiger partial charge in [-0.1, -0.05) is 29.8 Å². The summed E-state index contributed by atoms with van der Waals surface area (Å²) in [6.07, 6.45) is -3.89. The molecule has 0 aliphatic carbocycles. The predicted octanol–water partition coefficient (Wildman–Crippen LogP) is 2.64. The number of ether oxygens (including phenoxy) is 1. The fourth-order valence-corrected chi connectivity index (χ4v) is 3.09. The maximum Gasteiger partial charge on any atom is 0.435 e. The minimum absolute atomic E-state index is 0.0795. The van der Waals surface area contributed by atoms with Crippen LogP contribution in [-0.2, 0) is 41.7 Å². The Bertz CT molecular complexity index is 799. The van der Waals surface area contributed by atoms with E-state index in [1.807, 2.05) is 31.2 Å². The normalized spacial score (nSPS) is 14.2. The highest BCUT2D eigenvalue weighted by Crippen LogP contribution is 2.34. The Labute approximate surface area is 149 Å². The van der Waals surface area contributed by atoms with Crippen molar-refractivity contribution >= 4 is 5.91 Å². The monoisotopic (exact) mass is 367 g/mol. The lowest BCUT2D eigenvalue weighted by Gasteiger charge is -2.15. The summed E-state index contributed by atoms with van der Waals surface area (Å²) in [5.74, 6) is -0.170. The molecule has 0 saturated heterocycles. The van der Waals surface area contributed by atoms with Gasteiger partial charge in [-0.25, -0.2) is 0 Å². The highest BCUT2D eigenvalue weighted by atomic mass is 19.4. The third kappa shape index (κ3) is 4.24. The van der Waals surface area contributed by atoms with Gasteiger partial charge in [0.1, 0.15) is 0 Å². The molecular formula is C18H20F3N3O2. The van der Waals surface area contributed by atoms with Crippen molar-refractivity contribution in [2.75, 3.05) is 13.2 Å². The van der Waals surface area contributed by atoms with E-state index in [-0.39, 0.29) is 37.6 Å². The smallest absolute Gasteiger partial charge is 0.376 e. The van der Waals surface area contributed by atoms with Gasteiger partial charge in [-0.2, -0.15) is 18.3 Å². The van der Waals surface area contributed by atoms with Crippen LogP contribution in [0.3, 0.4) is 0 Å². The van der Waals surface area contributed by atoms with E-state index in [1.54, 1.807) is 0 Å². The van der Waals surface area contributed by atoms with Crippen LogP contribution in [0.25, 0.3) is 0 Å². The van der Waals surface area contributed by atoms with Crippen LogP contribution in [0, 0.1) is 6.92 Å². The van der Waals surface area contributed by atoms with E-state index >= 15 is 0 Å². The Morgan fingerprint density at radius 3 is 2.92 bits per heavy atom. The molecule has 1 aliphatic rings. The highest BCUT2D eigenvalue weighted by molar-refractivity contribution is 5.78. The highest BCUT2D eigenvalue weighted by Gasteiger charge is 2.39. The fourth-order valence-electron chi connectivity index (χ4n) is 3.09. The second-order valence-corrected chi connectivity index (χ2v) is 6.31. The number of nitrogens with zero attached hydrogens (tertiary/aromatic N) is 2. The standard InChI is InChI=1S/C18H20F3N3O2/c1-12-3-2-4-13(9-12)10-16(25)22-6-7-24-15-5-8-26-11-14(15)17(23-24)18(19,20)21/h2-4,9H,5-8,10-11H2,1H3,(H,22,25). The molecule has 26 heavy (non-hydrogen) atoms. The number of carbonyl (C=O) groups is 1. The van der Waals surface area contributed by atoms with Gasteiger partial charge < -0.3 is 10.1 Å². The van der Waals surface area contributed by atoms with Crippen LogP contribution in [-0.4, -0.2) is 28.8 Å². The molecule has 140 valence electrons. The zero-order valence-electron chi connectivity index (χ0n) is 14.4. The van der Waals surface area contributed by atoms with E-state index < -0.39 is 11.9 Å². The molecule has 0 bridgehead atoms. The van der Waals surface area contributed by atoms with E-state index in [2.05, 4.69) is 10.4 Å². The maximum absolute atomic E-state index is 13.1. The number of halogens is 3. The molecule has 0 atom stereocenters. The van der Waals surface area contributed by atoms with Crippen LogP contribution in [0.4, 0.5) is 13.2 Å². The molecule has 1 aromatic heterocycles. The summed E-state index contributed by atoms with van der Waals surface area (Å²) in [5, 5.41) is 6.46. The fraction of sp³-hybridized carbons (Fsp3) is 0.444. The number of alkyl halides is 3. The van der Waals surface area contributed by atoms with E-state index in [4.69, 9.17) is 4.74 Å². The van der Waals surface area contributed by atoms with E-state index in [9.17, 15) is 18.0 Å². The lowest BCUT2D eigenvalue weighted by atomic mass is 10.1. The van der Waals surface area contributed by atoms with E-state index in [0.29, 0.717) is 18.7 Å². The van der Waals surface area contributed by atoms with Crippen molar-refractivity contribution in [3.63, 3.8) is 0 Å². The number of amides is 1. The number of hydrogen-bond donors (Lipinski definition) is 1. The molecule has 2 aromatic rings. The number of aromatic nitrogens is 2. The molecule has 2 heterocycles. The van der Waals surface area contributed by atoms with E-state index in [1.165, 1.54) is 4.68 Å². The number of aryl methyl sites for hydroxylation is 1. The summed E-state index contributed by atoms with van der Waals surface area (Å²) in [6, 6.07) is 7.63. The SMILES string of the molecule is Cc1cccc(CC(=O)NCCn2nc(C(F)(F)F)c3c2CCOC3)c1. The number of hydrogen-bond acceptors (Lipinski definition) is 3. The summed E-state index contributed by atoms with van der Waals surface area (Å²) in [5.41, 5.74) is 1.72. The van der Waals surface area contributed by atoms with Gasteiger partial charge in [-0.3, -0.25) is 9.48 Å². The second-order valence-electron chi connectivity index (χ2n) is 6.31. The van der Waals surface area contributed by atoms with Crippen molar-refractivity contribution in [2.24, 2.45) is 0 Å². The van der Waals surface area contributed by atoms with Crippen molar-refractivity contribution < 1.29 is 22.7 Å². The average molecular weight is 367 g/mol. The zero-order chi connectivity index (χ0) is 18.7. The molecule has 1 aliphatic heterocycles. The molecule has 3 rings (SSSR count). The van der Waals surface area contributed by atoms with Crippen LogP contribution in [0.2, 0.25) is 0 Å². The van der Waals surface area contributed by atoms with Crippen molar-refractivity contribution in [2.45, 2.75) is 39.1 Å². The summed E-state index contributed by atoms with van der Waals surface area (Å²) in [4.78, 5) is 12.0. The van der Waals surface area contributed by atoms with Crippen molar-refractivity contribution in [1.82, 2.24) is 15.1 Å². The van der Waals surface area contributed by atoms with Crippen LogP contribution >= 0.6 is 0 Å². The molecular weight excluding hydrogens is 347 g/mol. The topological polar surface area (TPSA) is 56.2 Å². The first-order valence-electron chi connectivity index (χ1n) is 8.40. The number of rotatable bonds is 5. The third-order valence-electron chi connectivity index (χ3n) is 4.26. The Hall–Kier alpha value is -2.35. The second kappa shape index (κ2) is 7.49. The van der Waals surface area contributed by atoms with Crippen molar-refractivity contribution in [3.05, 3.63) is 52.3 Å². The Morgan fingerprint density at radius 2 is 2.19 bits per heavy atom. The van der Waals surface area contributed by atoms with Crippen molar-refractivity contribution in [1.29, 1.82) is 0 Å². The average Bonchev–Trinajstić information content (AvgIpc) is 2.94. The lowest BCUT2D eigenvalue weighted by Crippen LogP contribution is -2.29. The van der Waals surface area contributed by atoms with Gasteiger partial charge in [0.15, 0.2) is 5.69 Å². The van der Waals surface area contributed by atoms with Crippen LogP contribution in [0.5, 0.6) is 0 Å². The van der Waals surface area contributed by atoms with Gasteiger partial charge >= 0.3 is 6.18 Å². The maximum atomic E-state index is 13.1. The van der Waals surface area contributed by atoms with Crippen LogP contribution in [0.15, 0.2) is 24.3 Å². The minimum Gasteiger partial charge on any atom is -0.376 e. The first-order chi connectivity index (χ1) is 12.3. The number of carbonyl (C=O) groups excluding carboxylic acids is 1. The van der Waals surface area contributed by atoms with Gasteiger partial charge in [0, 0.05) is 24.2 Å². The van der Waals surface area contributed by atoms with Gasteiger partial charge in [0.25, 0.3) is 0 Å². The van der Waals surface area contributed by atoms with Crippen molar-refractivity contribution in [3.8, 4) is 0 Å². The molecule has 0 saturated carbocycles. The summed E-state index contributed by atoms with van der Waals surface area (Å²) in [6.45, 7) is 2.65. The molecule has 1 aromatic carbocycles. The molecule has 1 amide bonds. The quantitative estimate of drug-likeness (QED) is 0.884. The van der Waals surface area contributed by atoms with Gasteiger partial charge in [-0.15, -0.1) is 0 Å². The Morgan fingerprint density at radius 1 is 1.38 bits per heavy atom. The zero-order valence-corrected chi connectivity index (χ0v) is 14.4. The summed E-state index contributed by atoms with van der Waals surface area (Å²) >= 11 is 0. The number of nitrogens with one attached hydrogen (secondary N) is 1. The third-order valence-corrected chi connectivity index (χ3v) is 4.26. The van der Waals surface area contributed by atoms with Gasteiger partial charge in [-0.05, 0) is 12.5 Å². The van der Waals surface area contributed by atoms with Crippen LogP contribution in [0.1, 0.15) is 28.1 Å². The van der Waals surface area contributed by atoms with Gasteiger partial charge in [0.2, 0.25) is 5.91 Å². The Kier molecular flexibility index (Phi) is 5.31. The number of benzene rings is 1. The molecule has 0 fully saturated rings. The molecule has 0 radical (unpaired) electrons. The first kappa shape index (κ1) is 18.4. The molecule has 8 heteroatoms. The molecule has 0 unspecified atom stereocenters. The minimum atomic E-state index is -4.51. The Balaban J connectivity index is 1.61. The summed E-state index contributed by atoms with van der Waals surface area (Å²) in [7, 11) is 0. The first-order valence-corrected chi connectivity index (χ1v) is 8.40.